The van der Waals surface area contributed by atoms with Gasteiger partial charge in [0, 0.05) is 6.54 Å². The maximum absolute atomic E-state index is 13.6. The monoisotopic (exact) mass is 318 g/mol. The number of nitrogens with one attached hydrogen (secondary N) is 1. The first-order chi connectivity index (χ1) is 10.7. The average molecular weight is 318 g/mol. The molecule has 1 fully saturated rings. The van der Waals surface area contributed by atoms with Crippen LogP contribution < -0.4 is 5.32 Å². The quantitative estimate of drug-likeness (QED) is 0.945. The smallest absolute Gasteiger partial charge is 0.264 e. The van der Waals surface area contributed by atoms with Crippen molar-refractivity contribution in [1.29, 1.82) is 0 Å². The van der Waals surface area contributed by atoms with Gasteiger partial charge < -0.3 is 10.2 Å². The van der Waals surface area contributed by atoms with E-state index in [0.29, 0.717) is 17.8 Å². The molecule has 22 heavy (non-hydrogen) atoms. The number of halogens is 1. The number of nitrogens with zero attached hydrogens (tertiary/aromatic N) is 1. The van der Waals surface area contributed by atoms with E-state index in [-0.39, 0.29) is 17.5 Å². The van der Waals surface area contributed by atoms with Crippen LogP contribution in [0.15, 0.2) is 41.8 Å². The van der Waals surface area contributed by atoms with Crippen LogP contribution in [0.5, 0.6) is 0 Å². The van der Waals surface area contributed by atoms with Gasteiger partial charge in [0.1, 0.15) is 11.9 Å². The highest BCUT2D eigenvalue weighted by molar-refractivity contribution is 7.12. The van der Waals surface area contributed by atoms with Crippen LogP contribution in [0.4, 0.5) is 10.1 Å². The number of likely N-dealkylation sites (tertiary alicyclic amines) is 1. The summed E-state index contributed by atoms with van der Waals surface area (Å²) in [5.41, 5.74) is 0.142. The molecule has 1 saturated heterocycles. The number of thiophene rings is 1. The van der Waals surface area contributed by atoms with Crippen molar-refractivity contribution in [2.75, 3.05) is 11.9 Å². The molecule has 2 amide bonds. The van der Waals surface area contributed by atoms with Crippen LogP contribution in [0, 0.1) is 5.82 Å². The summed E-state index contributed by atoms with van der Waals surface area (Å²) >= 11 is 1.36. The molecule has 1 aromatic heterocycles. The standard InChI is InChI=1S/C16H15FN2O2S/c17-11-5-1-2-6-12(11)18-15(20)13-7-3-9-19(13)16(21)14-8-4-10-22-14/h1-2,4-6,8,10,13H,3,7,9H2,(H,18,20). The molecule has 2 aromatic rings. The average Bonchev–Trinajstić information content (AvgIpc) is 3.20. The Hall–Kier alpha value is -2.21. The van der Waals surface area contributed by atoms with Crippen molar-refractivity contribution in [2.45, 2.75) is 18.9 Å². The van der Waals surface area contributed by atoms with E-state index in [4.69, 9.17) is 0 Å². The van der Waals surface area contributed by atoms with E-state index in [1.54, 1.807) is 23.1 Å². The topological polar surface area (TPSA) is 49.4 Å². The van der Waals surface area contributed by atoms with E-state index in [9.17, 15) is 14.0 Å². The summed E-state index contributed by atoms with van der Waals surface area (Å²) in [5.74, 6) is -0.960. The van der Waals surface area contributed by atoms with Gasteiger partial charge in [-0.25, -0.2) is 4.39 Å². The molecule has 4 nitrogen and oxygen atoms in total. The molecule has 0 spiro atoms. The van der Waals surface area contributed by atoms with Crippen LogP contribution >= 0.6 is 11.3 Å². The highest BCUT2D eigenvalue weighted by atomic mass is 32.1. The number of carbonyl (C=O) groups is 2. The molecule has 2 heterocycles. The number of para-hydroxylation sites is 1. The van der Waals surface area contributed by atoms with Gasteiger partial charge in [0.25, 0.3) is 5.91 Å². The molecule has 3 rings (SSSR count). The van der Waals surface area contributed by atoms with Gasteiger partial charge in [0.2, 0.25) is 5.91 Å². The van der Waals surface area contributed by atoms with E-state index in [2.05, 4.69) is 5.32 Å². The molecular formula is C16H15FN2O2S. The van der Waals surface area contributed by atoms with Crippen molar-refractivity contribution in [1.82, 2.24) is 4.90 Å². The molecular weight excluding hydrogens is 303 g/mol. The molecule has 6 heteroatoms. The van der Waals surface area contributed by atoms with E-state index in [0.717, 1.165) is 6.42 Å². The molecule has 0 aliphatic carbocycles. The zero-order valence-corrected chi connectivity index (χ0v) is 12.6. The van der Waals surface area contributed by atoms with Gasteiger partial charge in [-0.1, -0.05) is 18.2 Å². The fraction of sp³-hybridized carbons (Fsp3) is 0.250. The third-order valence-corrected chi connectivity index (χ3v) is 4.54. The van der Waals surface area contributed by atoms with Gasteiger partial charge in [-0.2, -0.15) is 0 Å². The Labute approximate surface area is 131 Å². The predicted molar refractivity (Wildman–Crippen MR) is 83.4 cm³/mol. The first kappa shape index (κ1) is 14.7. The second kappa shape index (κ2) is 6.27. The predicted octanol–water partition coefficient (Wildman–Crippen LogP) is 3.13. The lowest BCUT2D eigenvalue weighted by atomic mass is 10.2. The fourth-order valence-electron chi connectivity index (χ4n) is 2.60. The molecule has 0 saturated carbocycles. The number of carbonyl (C=O) groups excluding carboxylic acids is 2. The second-order valence-electron chi connectivity index (χ2n) is 5.10. The maximum atomic E-state index is 13.6. The van der Waals surface area contributed by atoms with Crippen molar-refractivity contribution in [3.8, 4) is 0 Å². The van der Waals surface area contributed by atoms with Gasteiger partial charge in [0.05, 0.1) is 10.6 Å². The number of anilines is 1. The van der Waals surface area contributed by atoms with Gasteiger partial charge in [-0.3, -0.25) is 9.59 Å². The van der Waals surface area contributed by atoms with Crippen molar-refractivity contribution in [2.24, 2.45) is 0 Å². The third-order valence-electron chi connectivity index (χ3n) is 3.68. The molecule has 0 bridgehead atoms. The number of rotatable bonds is 3. The summed E-state index contributed by atoms with van der Waals surface area (Å²) in [4.78, 5) is 27.0. The Morgan fingerprint density at radius 3 is 2.77 bits per heavy atom. The lowest BCUT2D eigenvalue weighted by Crippen LogP contribution is -2.43. The summed E-state index contributed by atoms with van der Waals surface area (Å²) in [6.45, 7) is 0.548. The van der Waals surface area contributed by atoms with Crippen LogP contribution in [0.2, 0.25) is 0 Å². The second-order valence-corrected chi connectivity index (χ2v) is 6.05. The Morgan fingerprint density at radius 2 is 2.05 bits per heavy atom. The molecule has 1 aliphatic rings. The lowest BCUT2D eigenvalue weighted by Gasteiger charge is -2.23. The molecule has 0 radical (unpaired) electrons. The first-order valence-corrected chi connectivity index (χ1v) is 7.94. The van der Waals surface area contributed by atoms with Crippen molar-refractivity contribution in [3.63, 3.8) is 0 Å². The summed E-state index contributed by atoms with van der Waals surface area (Å²) in [6.07, 6.45) is 1.36. The summed E-state index contributed by atoms with van der Waals surface area (Å²) in [6, 6.07) is 9.02. The highest BCUT2D eigenvalue weighted by Crippen LogP contribution is 2.24. The first-order valence-electron chi connectivity index (χ1n) is 7.06. The minimum absolute atomic E-state index is 0.138. The van der Waals surface area contributed by atoms with E-state index in [1.807, 2.05) is 11.4 Å². The maximum Gasteiger partial charge on any atom is 0.264 e. The van der Waals surface area contributed by atoms with Gasteiger partial charge >= 0.3 is 0 Å². The van der Waals surface area contributed by atoms with E-state index >= 15 is 0 Å². The Morgan fingerprint density at radius 1 is 1.23 bits per heavy atom. The molecule has 1 atom stereocenters. The lowest BCUT2D eigenvalue weighted by molar-refractivity contribution is -0.119. The summed E-state index contributed by atoms with van der Waals surface area (Å²) in [7, 11) is 0. The molecule has 1 aromatic carbocycles. The van der Waals surface area contributed by atoms with Gasteiger partial charge in [-0.05, 0) is 36.4 Å². The van der Waals surface area contributed by atoms with Crippen molar-refractivity contribution in [3.05, 3.63) is 52.5 Å². The Balaban J connectivity index is 1.74. The van der Waals surface area contributed by atoms with Crippen LogP contribution in [-0.4, -0.2) is 29.3 Å². The molecule has 114 valence electrons. The van der Waals surface area contributed by atoms with Crippen molar-refractivity contribution < 1.29 is 14.0 Å². The normalized spacial score (nSPS) is 17.5. The van der Waals surface area contributed by atoms with E-state index < -0.39 is 11.9 Å². The van der Waals surface area contributed by atoms with Crippen LogP contribution in [0.25, 0.3) is 0 Å². The minimum atomic E-state index is -0.547. The number of benzene rings is 1. The van der Waals surface area contributed by atoms with Crippen LogP contribution in [0.1, 0.15) is 22.5 Å². The summed E-state index contributed by atoms with van der Waals surface area (Å²) in [5, 5.41) is 4.41. The third kappa shape index (κ3) is 2.87. The van der Waals surface area contributed by atoms with Crippen LogP contribution in [-0.2, 0) is 4.79 Å². The van der Waals surface area contributed by atoms with Crippen LogP contribution in [0.3, 0.4) is 0 Å². The number of hydrogen-bond acceptors (Lipinski definition) is 3. The van der Waals surface area contributed by atoms with E-state index in [1.165, 1.54) is 23.5 Å². The molecule has 1 unspecified atom stereocenters. The number of hydrogen-bond donors (Lipinski definition) is 1. The SMILES string of the molecule is O=C(Nc1ccccc1F)C1CCCN1C(=O)c1cccs1. The van der Waals surface area contributed by atoms with Gasteiger partial charge in [0.15, 0.2) is 0 Å². The zero-order chi connectivity index (χ0) is 15.5. The highest BCUT2D eigenvalue weighted by Gasteiger charge is 2.35. The Bertz CT molecular complexity index is 687. The Kier molecular flexibility index (Phi) is 4.20. The number of amides is 2. The largest absolute Gasteiger partial charge is 0.326 e. The molecule has 1 N–H and O–H groups in total. The minimum Gasteiger partial charge on any atom is -0.326 e. The zero-order valence-electron chi connectivity index (χ0n) is 11.8. The van der Waals surface area contributed by atoms with Crippen molar-refractivity contribution >= 4 is 28.8 Å². The summed E-state index contributed by atoms with van der Waals surface area (Å²) < 4.78 is 13.6. The fourth-order valence-corrected chi connectivity index (χ4v) is 3.28. The van der Waals surface area contributed by atoms with Gasteiger partial charge in [-0.15, -0.1) is 11.3 Å². The molecule has 1 aliphatic heterocycles.